The molecule has 24 heavy (non-hydrogen) atoms. The SMILES string of the molecule is CCCCOc1nc(-c2ccc(N(C)C)cc2)cc2nccnc12. The summed E-state index contributed by atoms with van der Waals surface area (Å²) in [4.78, 5) is 15.5. The minimum atomic E-state index is 0.556. The van der Waals surface area contributed by atoms with Crippen LogP contribution in [0.3, 0.4) is 0 Å². The Morgan fingerprint density at radius 1 is 1.04 bits per heavy atom. The van der Waals surface area contributed by atoms with E-state index in [-0.39, 0.29) is 0 Å². The third-order valence-electron chi connectivity index (χ3n) is 3.84. The van der Waals surface area contributed by atoms with Crippen molar-refractivity contribution in [1.29, 1.82) is 0 Å². The number of rotatable bonds is 6. The molecule has 0 fully saturated rings. The number of aromatic nitrogens is 3. The first-order valence-electron chi connectivity index (χ1n) is 8.21. The molecule has 1 aromatic carbocycles. The molecule has 0 amide bonds. The third-order valence-corrected chi connectivity index (χ3v) is 3.84. The molecule has 0 spiro atoms. The maximum absolute atomic E-state index is 5.86. The van der Waals surface area contributed by atoms with Gasteiger partial charge in [0.15, 0.2) is 5.52 Å². The Labute approximate surface area is 142 Å². The molecular formula is C19H22N4O. The standard InChI is InChI=1S/C19H22N4O/c1-4-5-12-24-19-18-17(20-10-11-21-18)13-16(22-19)14-6-8-15(9-7-14)23(2)3/h6-11,13H,4-5,12H2,1-3H3. The highest BCUT2D eigenvalue weighted by atomic mass is 16.5. The number of pyridine rings is 1. The van der Waals surface area contributed by atoms with Gasteiger partial charge in [-0.05, 0) is 24.6 Å². The van der Waals surface area contributed by atoms with Crippen molar-refractivity contribution in [2.75, 3.05) is 25.6 Å². The normalized spacial score (nSPS) is 10.8. The van der Waals surface area contributed by atoms with Crippen molar-refractivity contribution in [1.82, 2.24) is 15.0 Å². The molecule has 0 N–H and O–H groups in total. The van der Waals surface area contributed by atoms with E-state index < -0.39 is 0 Å². The number of unbranched alkanes of at least 4 members (excludes halogenated alkanes) is 1. The molecule has 124 valence electrons. The molecule has 3 rings (SSSR count). The van der Waals surface area contributed by atoms with Crippen LogP contribution in [0.2, 0.25) is 0 Å². The summed E-state index contributed by atoms with van der Waals surface area (Å²) in [5.41, 5.74) is 4.54. The number of benzene rings is 1. The lowest BCUT2D eigenvalue weighted by molar-refractivity contribution is 0.301. The lowest BCUT2D eigenvalue weighted by atomic mass is 10.1. The second kappa shape index (κ2) is 7.25. The van der Waals surface area contributed by atoms with Crippen LogP contribution in [0, 0.1) is 0 Å². The molecule has 0 aliphatic carbocycles. The van der Waals surface area contributed by atoms with E-state index in [0.717, 1.165) is 35.3 Å². The van der Waals surface area contributed by atoms with Crippen LogP contribution in [-0.2, 0) is 0 Å². The topological polar surface area (TPSA) is 51.1 Å². The molecule has 0 bridgehead atoms. The fourth-order valence-corrected chi connectivity index (χ4v) is 2.44. The molecule has 0 aliphatic rings. The van der Waals surface area contributed by atoms with Gasteiger partial charge in [-0.25, -0.2) is 9.97 Å². The van der Waals surface area contributed by atoms with E-state index in [1.807, 2.05) is 20.2 Å². The summed E-state index contributed by atoms with van der Waals surface area (Å²) in [5, 5.41) is 0. The first-order valence-corrected chi connectivity index (χ1v) is 8.21. The zero-order chi connectivity index (χ0) is 16.9. The Morgan fingerprint density at radius 2 is 1.79 bits per heavy atom. The highest BCUT2D eigenvalue weighted by Gasteiger charge is 2.11. The van der Waals surface area contributed by atoms with Crippen LogP contribution in [0.1, 0.15) is 19.8 Å². The molecule has 2 heterocycles. The van der Waals surface area contributed by atoms with Gasteiger partial charge in [0.25, 0.3) is 0 Å². The zero-order valence-corrected chi connectivity index (χ0v) is 14.4. The van der Waals surface area contributed by atoms with Gasteiger partial charge >= 0.3 is 0 Å². The Bertz CT molecular complexity index is 815. The fourth-order valence-electron chi connectivity index (χ4n) is 2.44. The van der Waals surface area contributed by atoms with Crippen LogP contribution in [0.4, 0.5) is 5.69 Å². The first kappa shape index (κ1) is 16.2. The van der Waals surface area contributed by atoms with E-state index in [9.17, 15) is 0 Å². The van der Waals surface area contributed by atoms with Gasteiger partial charge in [-0.15, -0.1) is 0 Å². The molecule has 5 nitrogen and oxygen atoms in total. The van der Waals surface area contributed by atoms with E-state index in [1.165, 1.54) is 0 Å². The molecule has 0 saturated carbocycles. The van der Waals surface area contributed by atoms with Crippen LogP contribution in [0.25, 0.3) is 22.3 Å². The molecule has 0 aliphatic heterocycles. The quantitative estimate of drug-likeness (QED) is 0.643. The van der Waals surface area contributed by atoms with Crippen molar-refractivity contribution in [2.45, 2.75) is 19.8 Å². The average Bonchev–Trinajstić information content (AvgIpc) is 2.62. The minimum absolute atomic E-state index is 0.556. The third kappa shape index (κ3) is 3.45. The van der Waals surface area contributed by atoms with Gasteiger partial charge in [-0.1, -0.05) is 25.5 Å². The summed E-state index contributed by atoms with van der Waals surface area (Å²) in [5.74, 6) is 0.556. The lowest BCUT2D eigenvalue weighted by Crippen LogP contribution is -2.08. The Hall–Kier alpha value is -2.69. The summed E-state index contributed by atoms with van der Waals surface area (Å²) in [6.45, 7) is 2.77. The van der Waals surface area contributed by atoms with Crippen molar-refractivity contribution >= 4 is 16.7 Å². The summed E-state index contributed by atoms with van der Waals surface area (Å²) < 4.78 is 5.86. The molecule has 0 saturated heterocycles. The summed E-state index contributed by atoms with van der Waals surface area (Å²) >= 11 is 0. The van der Waals surface area contributed by atoms with Gasteiger partial charge in [0.2, 0.25) is 5.88 Å². The highest BCUT2D eigenvalue weighted by Crippen LogP contribution is 2.28. The maximum atomic E-state index is 5.86. The summed E-state index contributed by atoms with van der Waals surface area (Å²) in [7, 11) is 4.05. The summed E-state index contributed by atoms with van der Waals surface area (Å²) in [6, 6.07) is 10.2. The van der Waals surface area contributed by atoms with E-state index in [1.54, 1.807) is 12.4 Å². The molecule has 0 atom stereocenters. The predicted octanol–water partition coefficient (Wildman–Crippen LogP) is 3.94. The lowest BCUT2D eigenvalue weighted by Gasteiger charge is -2.13. The van der Waals surface area contributed by atoms with Gasteiger partial charge in [-0.2, -0.15) is 0 Å². The van der Waals surface area contributed by atoms with Crippen molar-refractivity contribution in [3.63, 3.8) is 0 Å². The average molecular weight is 322 g/mol. The number of ether oxygens (including phenoxy) is 1. The van der Waals surface area contributed by atoms with E-state index in [2.05, 4.69) is 51.0 Å². The van der Waals surface area contributed by atoms with Crippen LogP contribution in [0.5, 0.6) is 5.88 Å². The monoisotopic (exact) mass is 322 g/mol. The van der Waals surface area contributed by atoms with Crippen molar-refractivity contribution in [3.8, 4) is 17.1 Å². The first-order chi connectivity index (χ1) is 11.7. The van der Waals surface area contributed by atoms with Gasteiger partial charge in [0, 0.05) is 37.7 Å². The highest BCUT2D eigenvalue weighted by molar-refractivity contribution is 5.83. The maximum Gasteiger partial charge on any atom is 0.242 e. The van der Waals surface area contributed by atoms with Crippen LogP contribution in [0.15, 0.2) is 42.7 Å². The summed E-state index contributed by atoms with van der Waals surface area (Å²) in [6.07, 6.45) is 5.43. The van der Waals surface area contributed by atoms with Crippen LogP contribution < -0.4 is 9.64 Å². The van der Waals surface area contributed by atoms with Gasteiger partial charge in [0.05, 0.1) is 17.8 Å². The number of hydrogen-bond donors (Lipinski definition) is 0. The molecule has 0 unspecified atom stereocenters. The predicted molar refractivity (Wildman–Crippen MR) is 97.5 cm³/mol. The molecule has 2 aromatic heterocycles. The van der Waals surface area contributed by atoms with Gasteiger partial charge in [-0.3, -0.25) is 4.98 Å². The smallest absolute Gasteiger partial charge is 0.242 e. The Kier molecular flexibility index (Phi) is 4.89. The molecule has 5 heteroatoms. The van der Waals surface area contributed by atoms with Gasteiger partial charge < -0.3 is 9.64 Å². The molecule has 0 radical (unpaired) electrons. The second-order valence-electron chi connectivity index (χ2n) is 5.88. The number of nitrogens with zero attached hydrogens (tertiary/aromatic N) is 4. The number of hydrogen-bond acceptors (Lipinski definition) is 5. The second-order valence-corrected chi connectivity index (χ2v) is 5.88. The van der Waals surface area contributed by atoms with E-state index in [4.69, 9.17) is 4.74 Å². The van der Waals surface area contributed by atoms with E-state index >= 15 is 0 Å². The van der Waals surface area contributed by atoms with Gasteiger partial charge in [0.1, 0.15) is 0 Å². The molecule has 3 aromatic rings. The van der Waals surface area contributed by atoms with Crippen molar-refractivity contribution in [3.05, 3.63) is 42.7 Å². The van der Waals surface area contributed by atoms with Crippen molar-refractivity contribution in [2.24, 2.45) is 0 Å². The van der Waals surface area contributed by atoms with Crippen molar-refractivity contribution < 1.29 is 4.74 Å². The largest absolute Gasteiger partial charge is 0.476 e. The van der Waals surface area contributed by atoms with E-state index in [0.29, 0.717) is 18.0 Å². The Balaban J connectivity index is 2.01. The van der Waals surface area contributed by atoms with Crippen LogP contribution >= 0.6 is 0 Å². The zero-order valence-electron chi connectivity index (χ0n) is 14.4. The minimum Gasteiger partial charge on any atom is -0.476 e. The fraction of sp³-hybridized carbons (Fsp3) is 0.316. The number of anilines is 1. The number of fused-ring (bicyclic) bond motifs is 1. The Morgan fingerprint density at radius 3 is 2.50 bits per heavy atom. The van der Waals surface area contributed by atoms with Crippen LogP contribution in [-0.4, -0.2) is 35.7 Å². The molecular weight excluding hydrogens is 300 g/mol.